The van der Waals surface area contributed by atoms with Gasteiger partial charge in [-0.1, -0.05) is 6.07 Å². The molecule has 3 heteroatoms. The summed E-state index contributed by atoms with van der Waals surface area (Å²) in [7, 11) is 2.03. The molecule has 0 bridgehead atoms. The van der Waals surface area contributed by atoms with Crippen LogP contribution in [0.2, 0.25) is 0 Å². The second-order valence-corrected chi connectivity index (χ2v) is 5.68. The molecule has 1 aromatic rings. The van der Waals surface area contributed by atoms with Crippen molar-refractivity contribution in [2.45, 2.75) is 31.6 Å². The van der Waals surface area contributed by atoms with E-state index in [1.165, 1.54) is 24.8 Å². The van der Waals surface area contributed by atoms with E-state index in [1.54, 1.807) is 0 Å². The second kappa shape index (κ2) is 5.83. The predicted molar refractivity (Wildman–Crippen MR) is 76.1 cm³/mol. The molecule has 0 amide bonds. The van der Waals surface area contributed by atoms with Crippen molar-refractivity contribution < 1.29 is 9.47 Å². The molecule has 1 aliphatic carbocycles. The van der Waals surface area contributed by atoms with Crippen LogP contribution in [0.5, 0.6) is 11.5 Å². The molecule has 0 saturated heterocycles. The zero-order valence-electron chi connectivity index (χ0n) is 11.7. The Kier molecular flexibility index (Phi) is 3.92. The molecule has 104 valence electrons. The molecule has 1 heterocycles. The quantitative estimate of drug-likeness (QED) is 0.904. The third kappa shape index (κ3) is 2.86. The predicted octanol–water partition coefficient (Wildman–Crippen LogP) is 2.95. The zero-order chi connectivity index (χ0) is 13.1. The summed E-state index contributed by atoms with van der Waals surface area (Å²) in [6.45, 7) is 2.67. The minimum absolute atomic E-state index is 0.721. The van der Waals surface area contributed by atoms with E-state index >= 15 is 0 Å². The van der Waals surface area contributed by atoms with Crippen molar-refractivity contribution in [3.63, 3.8) is 0 Å². The van der Waals surface area contributed by atoms with Crippen molar-refractivity contribution in [2.24, 2.45) is 5.92 Å². The highest BCUT2D eigenvalue weighted by atomic mass is 16.5. The Morgan fingerprint density at radius 2 is 1.95 bits per heavy atom. The largest absolute Gasteiger partial charge is 0.490 e. The number of ether oxygens (including phenoxy) is 2. The van der Waals surface area contributed by atoms with Crippen molar-refractivity contribution in [3.05, 3.63) is 23.8 Å². The van der Waals surface area contributed by atoms with Gasteiger partial charge in [0.15, 0.2) is 11.5 Å². The van der Waals surface area contributed by atoms with Gasteiger partial charge >= 0.3 is 0 Å². The number of hydrogen-bond acceptors (Lipinski definition) is 3. The topological polar surface area (TPSA) is 30.5 Å². The van der Waals surface area contributed by atoms with Crippen LogP contribution in [0.1, 0.15) is 37.2 Å². The first-order chi connectivity index (χ1) is 9.36. The van der Waals surface area contributed by atoms with Gasteiger partial charge in [-0.05, 0) is 62.4 Å². The molecule has 3 rings (SSSR count). The third-order valence-electron chi connectivity index (χ3n) is 4.28. The molecular weight excluding hydrogens is 238 g/mol. The molecule has 0 unspecified atom stereocenters. The molecule has 1 aliphatic heterocycles. The highest BCUT2D eigenvalue weighted by Crippen LogP contribution is 2.45. The minimum Gasteiger partial charge on any atom is -0.490 e. The fourth-order valence-electron chi connectivity index (χ4n) is 3.03. The first-order valence-corrected chi connectivity index (χ1v) is 7.41. The van der Waals surface area contributed by atoms with Gasteiger partial charge in [-0.15, -0.1) is 0 Å². The maximum Gasteiger partial charge on any atom is 0.161 e. The number of fused-ring (bicyclic) bond motifs is 1. The maximum absolute atomic E-state index is 5.76. The van der Waals surface area contributed by atoms with Gasteiger partial charge in [-0.3, -0.25) is 0 Å². The Hall–Kier alpha value is -1.22. The van der Waals surface area contributed by atoms with E-state index in [2.05, 4.69) is 23.5 Å². The number of benzene rings is 1. The molecule has 1 saturated carbocycles. The Bertz CT molecular complexity index is 427. The van der Waals surface area contributed by atoms with Gasteiger partial charge < -0.3 is 14.8 Å². The van der Waals surface area contributed by atoms with Crippen LogP contribution in [-0.4, -0.2) is 26.8 Å². The van der Waals surface area contributed by atoms with E-state index in [-0.39, 0.29) is 0 Å². The first-order valence-electron chi connectivity index (χ1n) is 7.41. The van der Waals surface area contributed by atoms with Gasteiger partial charge in [0.2, 0.25) is 0 Å². The molecular formula is C16H23NO2. The summed E-state index contributed by atoms with van der Waals surface area (Å²) < 4.78 is 11.4. The van der Waals surface area contributed by atoms with Crippen LogP contribution < -0.4 is 14.8 Å². The van der Waals surface area contributed by atoms with Gasteiger partial charge in [0.1, 0.15) is 0 Å². The highest BCUT2D eigenvalue weighted by Gasteiger charge is 2.30. The van der Waals surface area contributed by atoms with Crippen LogP contribution >= 0.6 is 0 Å². The van der Waals surface area contributed by atoms with Gasteiger partial charge in [0.25, 0.3) is 0 Å². The molecule has 19 heavy (non-hydrogen) atoms. The number of rotatable bonds is 4. The summed E-state index contributed by atoms with van der Waals surface area (Å²) in [5.74, 6) is 3.47. The molecule has 1 N–H and O–H groups in total. The Morgan fingerprint density at radius 3 is 2.74 bits per heavy atom. The number of nitrogens with one attached hydrogen (secondary N) is 1. The Morgan fingerprint density at radius 1 is 1.16 bits per heavy atom. The van der Waals surface area contributed by atoms with E-state index in [4.69, 9.17) is 9.47 Å². The average molecular weight is 261 g/mol. The molecule has 1 fully saturated rings. The molecule has 0 atom stereocenters. The van der Waals surface area contributed by atoms with E-state index < -0.39 is 0 Å². The van der Waals surface area contributed by atoms with E-state index in [9.17, 15) is 0 Å². The average Bonchev–Trinajstić information content (AvgIpc) is 2.61. The molecule has 1 aromatic carbocycles. The fraction of sp³-hybridized carbons (Fsp3) is 0.625. The van der Waals surface area contributed by atoms with Crippen LogP contribution in [0.3, 0.4) is 0 Å². The zero-order valence-corrected chi connectivity index (χ0v) is 11.7. The van der Waals surface area contributed by atoms with Crippen LogP contribution in [0.15, 0.2) is 18.2 Å². The highest BCUT2D eigenvalue weighted by molar-refractivity contribution is 5.44. The lowest BCUT2D eigenvalue weighted by atomic mass is 9.70. The van der Waals surface area contributed by atoms with Crippen molar-refractivity contribution in [1.29, 1.82) is 0 Å². The van der Waals surface area contributed by atoms with E-state index in [1.807, 2.05) is 7.05 Å². The maximum atomic E-state index is 5.76. The van der Waals surface area contributed by atoms with Crippen molar-refractivity contribution in [2.75, 3.05) is 26.8 Å². The number of hydrogen-bond donors (Lipinski definition) is 1. The molecule has 3 nitrogen and oxygen atoms in total. The van der Waals surface area contributed by atoms with Crippen LogP contribution in [-0.2, 0) is 0 Å². The fourth-order valence-corrected chi connectivity index (χ4v) is 3.03. The second-order valence-electron chi connectivity index (χ2n) is 5.68. The summed E-state index contributed by atoms with van der Waals surface area (Å²) in [6, 6.07) is 6.49. The molecule has 2 aliphatic rings. The van der Waals surface area contributed by atoms with Gasteiger partial charge in [0.05, 0.1) is 13.2 Å². The van der Waals surface area contributed by atoms with Crippen LogP contribution in [0.4, 0.5) is 0 Å². The van der Waals surface area contributed by atoms with Crippen molar-refractivity contribution in [3.8, 4) is 11.5 Å². The lowest BCUT2D eigenvalue weighted by Crippen LogP contribution is -2.25. The third-order valence-corrected chi connectivity index (χ3v) is 4.28. The van der Waals surface area contributed by atoms with Crippen molar-refractivity contribution in [1.82, 2.24) is 5.32 Å². The Labute approximate surface area is 115 Å². The lowest BCUT2D eigenvalue weighted by Gasteiger charge is -2.36. The monoisotopic (exact) mass is 261 g/mol. The molecule has 0 aromatic heterocycles. The summed E-state index contributed by atoms with van der Waals surface area (Å²) in [6.07, 6.45) is 4.92. The summed E-state index contributed by atoms with van der Waals surface area (Å²) in [5, 5.41) is 3.23. The molecule has 0 radical (unpaired) electrons. The first kappa shape index (κ1) is 12.8. The minimum atomic E-state index is 0.721. The van der Waals surface area contributed by atoms with E-state index in [0.717, 1.165) is 49.5 Å². The normalized spacial score (nSPS) is 25.5. The van der Waals surface area contributed by atoms with Gasteiger partial charge in [-0.25, -0.2) is 0 Å². The van der Waals surface area contributed by atoms with E-state index in [0.29, 0.717) is 0 Å². The smallest absolute Gasteiger partial charge is 0.161 e. The van der Waals surface area contributed by atoms with Crippen molar-refractivity contribution >= 4 is 0 Å². The van der Waals surface area contributed by atoms with Gasteiger partial charge in [0, 0.05) is 6.42 Å². The van der Waals surface area contributed by atoms with Gasteiger partial charge in [-0.2, -0.15) is 0 Å². The standard InChI is InChI=1S/C16H23NO2/c1-17-6-5-12-9-14(10-12)13-3-4-15-16(11-13)19-8-2-7-18-15/h3-4,11-12,14,17H,2,5-10H2,1H3. The lowest BCUT2D eigenvalue weighted by molar-refractivity contribution is 0.246. The summed E-state index contributed by atoms with van der Waals surface area (Å²) >= 11 is 0. The molecule has 0 spiro atoms. The summed E-state index contributed by atoms with van der Waals surface area (Å²) in [4.78, 5) is 0. The van der Waals surface area contributed by atoms with Crippen LogP contribution in [0.25, 0.3) is 0 Å². The van der Waals surface area contributed by atoms with Crippen LogP contribution in [0, 0.1) is 5.92 Å². The Balaban J connectivity index is 1.62. The summed E-state index contributed by atoms with van der Waals surface area (Å²) in [5.41, 5.74) is 1.42. The SMILES string of the molecule is CNCCC1CC(c2ccc3c(c2)OCCCO3)C1.